The molecule has 1 aromatic rings. The Morgan fingerprint density at radius 2 is 1.88 bits per heavy atom. The molecule has 0 atom stereocenters. The molecular weight excluding hydrogens is 328 g/mol. The van der Waals surface area contributed by atoms with Crippen molar-refractivity contribution >= 4 is 11.9 Å². The third-order valence-corrected chi connectivity index (χ3v) is 4.32. The lowest BCUT2D eigenvalue weighted by atomic mass is 10.1. The van der Waals surface area contributed by atoms with Crippen molar-refractivity contribution in [3.63, 3.8) is 0 Å². The number of rotatable bonds is 10. The van der Waals surface area contributed by atoms with Crippen LogP contribution in [0.25, 0.3) is 0 Å². The first-order valence-corrected chi connectivity index (χ1v) is 9.69. The SMILES string of the molecule is CCNC(=NCCCC(=O)N1Cc2ccccc2C1)NCCCOCC. The molecule has 2 rings (SSSR count). The smallest absolute Gasteiger partial charge is 0.223 e. The van der Waals surface area contributed by atoms with Crippen molar-refractivity contribution in [3.05, 3.63) is 35.4 Å². The highest BCUT2D eigenvalue weighted by Gasteiger charge is 2.22. The van der Waals surface area contributed by atoms with E-state index in [4.69, 9.17) is 4.74 Å². The zero-order valence-corrected chi connectivity index (χ0v) is 16.1. The Morgan fingerprint density at radius 1 is 1.15 bits per heavy atom. The van der Waals surface area contributed by atoms with E-state index in [-0.39, 0.29) is 5.91 Å². The van der Waals surface area contributed by atoms with Crippen LogP contribution in [0.2, 0.25) is 0 Å². The highest BCUT2D eigenvalue weighted by atomic mass is 16.5. The molecule has 1 amide bonds. The van der Waals surface area contributed by atoms with E-state index >= 15 is 0 Å². The van der Waals surface area contributed by atoms with Crippen LogP contribution in [-0.2, 0) is 22.6 Å². The van der Waals surface area contributed by atoms with E-state index in [1.165, 1.54) is 11.1 Å². The summed E-state index contributed by atoms with van der Waals surface area (Å²) in [6.07, 6.45) is 2.26. The van der Waals surface area contributed by atoms with E-state index in [1.807, 2.05) is 30.9 Å². The number of carbonyl (C=O) groups excluding carboxylic acids is 1. The van der Waals surface area contributed by atoms with Crippen LogP contribution in [0, 0.1) is 0 Å². The van der Waals surface area contributed by atoms with E-state index < -0.39 is 0 Å². The summed E-state index contributed by atoms with van der Waals surface area (Å²) in [5.41, 5.74) is 2.54. The number of guanidine groups is 1. The van der Waals surface area contributed by atoms with Gasteiger partial charge in [-0.15, -0.1) is 0 Å². The van der Waals surface area contributed by atoms with E-state index in [2.05, 4.69) is 27.8 Å². The predicted octanol–water partition coefficient (Wildman–Crippen LogP) is 2.29. The van der Waals surface area contributed by atoms with Crippen LogP contribution >= 0.6 is 0 Å². The number of hydrogen-bond donors (Lipinski definition) is 2. The van der Waals surface area contributed by atoms with E-state index in [9.17, 15) is 4.79 Å². The van der Waals surface area contributed by atoms with Crippen molar-refractivity contribution in [2.75, 3.05) is 32.8 Å². The minimum absolute atomic E-state index is 0.214. The van der Waals surface area contributed by atoms with E-state index in [0.29, 0.717) is 13.0 Å². The summed E-state index contributed by atoms with van der Waals surface area (Å²) in [5, 5.41) is 6.53. The molecular formula is C20H32N4O2. The standard InChI is InChI=1S/C20H32N4O2/c1-3-21-20(23-13-8-14-26-4-2)22-12-7-11-19(25)24-15-17-9-5-6-10-18(17)16-24/h5-6,9-10H,3-4,7-8,11-16H2,1-2H3,(H2,21,22,23). The molecule has 0 radical (unpaired) electrons. The van der Waals surface area contributed by atoms with Gasteiger partial charge in [0.15, 0.2) is 5.96 Å². The van der Waals surface area contributed by atoms with Crippen LogP contribution in [-0.4, -0.2) is 49.6 Å². The molecule has 0 fully saturated rings. The minimum atomic E-state index is 0.214. The van der Waals surface area contributed by atoms with Gasteiger partial charge in [0.1, 0.15) is 0 Å². The molecule has 0 saturated heterocycles. The van der Waals surface area contributed by atoms with Crippen molar-refractivity contribution < 1.29 is 9.53 Å². The first kappa shape index (κ1) is 20.2. The molecule has 1 heterocycles. The number of carbonyl (C=O) groups is 1. The molecule has 0 bridgehead atoms. The summed E-state index contributed by atoms with van der Waals surface area (Å²) < 4.78 is 5.33. The van der Waals surface area contributed by atoms with Gasteiger partial charge in [0.2, 0.25) is 5.91 Å². The molecule has 0 aromatic heterocycles. The molecule has 0 spiro atoms. The maximum absolute atomic E-state index is 12.4. The Balaban J connectivity index is 1.66. The highest BCUT2D eigenvalue weighted by molar-refractivity contribution is 5.80. The Kier molecular flexibility index (Phi) is 8.96. The zero-order chi connectivity index (χ0) is 18.6. The molecule has 6 heteroatoms. The molecule has 144 valence electrons. The van der Waals surface area contributed by atoms with Crippen LogP contribution in [0.5, 0.6) is 0 Å². The Hall–Kier alpha value is -2.08. The monoisotopic (exact) mass is 360 g/mol. The Bertz CT molecular complexity index is 564. The summed E-state index contributed by atoms with van der Waals surface area (Å²) in [5.74, 6) is 1.02. The van der Waals surface area contributed by atoms with Gasteiger partial charge in [-0.2, -0.15) is 0 Å². The van der Waals surface area contributed by atoms with Gasteiger partial charge in [-0.3, -0.25) is 9.79 Å². The summed E-state index contributed by atoms with van der Waals surface area (Å²) in [6, 6.07) is 8.27. The fourth-order valence-corrected chi connectivity index (χ4v) is 2.96. The van der Waals surface area contributed by atoms with E-state index in [1.54, 1.807) is 0 Å². The zero-order valence-electron chi connectivity index (χ0n) is 16.1. The number of aliphatic imine (C=N–C) groups is 1. The largest absolute Gasteiger partial charge is 0.382 e. The van der Waals surface area contributed by atoms with Crippen molar-refractivity contribution in [2.24, 2.45) is 4.99 Å². The second kappa shape index (κ2) is 11.5. The second-order valence-electron chi connectivity index (χ2n) is 6.36. The van der Waals surface area contributed by atoms with Gasteiger partial charge in [0.05, 0.1) is 0 Å². The van der Waals surface area contributed by atoms with Gasteiger partial charge in [0, 0.05) is 52.4 Å². The lowest BCUT2D eigenvalue weighted by Crippen LogP contribution is -2.38. The topological polar surface area (TPSA) is 66.0 Å². The molecule has 2 N–H and O–H groups in total. The number of ether oxygens (including phenoxy) is 1. The minimum Gasteiger partial charge on any atom is -0.382 e. The summed E-state index contributed by atoms with van der Waals surface area (Å²) in [7, 11) is 0. The Labute approximate surface area is 157 Å². The van der Waals surface area contributed by atoms with Crippen LogP contribution in [0.15, 0.2) is 29.3 Å². The van der Waals surface area contributed by atoms with Crippen molar-refractivity contribution in [3.8, 4) is 0 Å². The third kappa shape index (κ3) is 6.67. The number of amides is 1. The highest BCUT2D eigenvalue weighted by Crippen LogP contribution is 2.22. The average Bonchev–Trinajstić information content (AvgIpc) is 3.09. The van der Waals surface area contributed by atoms with Crippen LogP contribution < -0.4 is 10.6 Å². The van der Waals surface area contributed by atoms with Crippen LogP contribution in [0.1, 0.15) is 44.2 Å². The molecule has 1 aliphatic heterocycles. The van der Waals surface area contributed by atoms with Crippen LogP contribution in [0.4, 0.5) is 0 Å². The number of hydrogen-bond acceptors (Lipinski definition) is 3. The van der Waals surface area contributed by atoms with Crippen LogP contribution in [0.3, 0.4) is 0 Å². The number of nitrogens with zero attached hydrogens (tertiary/aromatic N) is 2. The van der Waals surface area contributed by atoms with Gasteiger partial charge in [-0.1, -0.05) is 24.3 Å². The van der Waals surface area contributed by atoms with Gasteiger partial charge >= 0.3 is 0 Å². The van der Waals surface area contributed by atoms with Crippen molar-refractivity contribution in [1.29, 1.82) is 0 Å². The maximum atomic E-state index is 12.4. The first-order chi connectivity index (χ1) is 12.7. The van der Waals surface area contributed by atoms with Gasteiger partial charge in [-0.25, -0.2) is 0 Å². The van der Waals surface area contributed by atoms with Crippen molar-refractivity contribution in [2.45, 2.75) is 46.2 Å². The fourth-order valence-electron chi connectivity index (χ4n) is 2.96. The quantitative estimate of drug-likeness (QED) is 0.382. The van der Waals surface area contributed by atoms with E-state index in [0.717, 1.165) is 58.2 Å². The fraction of sp³-hybridized carbons (Fsp3) is 0.600. The molecule has 0 saturated carbocycles. The Morgan fingerprint density at radius 3 is 2.54 bits per heavy atom. The maximum Gasteiger partial charge on any atom is 0.223 e. The number of nitrogens with one attached hydrogen (secondary N) is 2. The summed E-state index contributed by atoms with van der Waals surface area (Å²) >= 11 is 0. The van der Waals surface area contributed by atoms with Gasteiger partial charge < -0.3 is 20.3 Å². The first-order valence-electron chi connectivity index (χ1n) is 9.69. The van der Waals surface area contributed by atoms with Gasteiger partial charge in [0.25, 0.3) is 0 Å². The number of fused-ring (bicyclic) bond motifs is 1. The molecule has 0 aliphatic carbocycles. The molecule has 1 aromatic carbocycles. The van der Waals surface area contributed by atoms with Gasteiger partial charge in [-0.05, 0) is 37.8 Å². The normalized spacial score (nSPS) is 13.6. The molecule has 6 nitrogen and oxygen atoms in total. The van der Waals surface area contributed by atoms with Crippen molar-refractivity contribution in [1.82, 2.24) is 15.5 Å². The second-order valence-corrected chi connectivity index (χ2v) is 6.36. The summed E-state index contributed by atoms with van der Waals surface area (Å²) in [6.45, 7) is 9.34. The molecule has 1 aliphatic rings. The predicted molar refractivity (Wildman–Crippen MR) is 105 cm³/mol. The average molecular weight is 361 g/mol. The third-order valence-electron chi connectivity index (χ3n) is 4.32. The summed E-state index contributed by atoms with van der Waals surface area (Å²) in [4.78, 5) is 18.9. The molecule has 26 heavy (non-hydrogen) atoms. The number of benzene rings is 1. The molecule has 0 unspecified atom stereocenters. The lowest BCUT2D eigenvalue weighted by Gasteiger charge is -2.15. The lowest BCUT2D eigenvalue weighted by molar-refractivity contribution is -0.131.